The highest BCUT2D eigenvalue weighted by Crippen LogP contribution is 2.25. The van der Waals surface area contributed by atoms with Crippen LogP contribution in [0.4, 0.5) is 5.69 Å². The van der Waals surface area contributed by atoms with Gasteiger partial charge in [-0.15, -0.1) is 0 Å². The zero-order chi connectivity index (χ0) is 16.5. The predicted molar refractivity (Wildman–Crippen MR) is 91.5 cm³/mol. The highest BCUT2D eigenvalue weighted by atomic mass is 79.9. The highest BCUT2D eigenvalue weighted by Gasteiger charge is 2.15. The molecule has 0 fully saturated rings. The first kappa shape index (κ1) is 18.3. The first-order valence-corrected chi connectivity index (χ1v) is 7.94. The van der Waals surface area contributed by atoms with Crippen LogP contribution >= 0.6 is 28.1 Å². The lowest BCUT2D eigenvalue weighted by atomic mass is 10.2. The van der Waals surface area contributed by atoms with Gasteiger partial charge in [0.2, 0.25) is 0 Å². The minimum Gasteiger partial charge on any atom is -0.361 e. The average Bonchev–Trinajstić information content (AvgIpc) is 2.49. The van der Waals surface area contributed by atoms with Crippen LogP contribution in [-0.2, 0) is 0 Å². The third kappa shape index (κ3) is 5.94. The fourth-order valence-electron chi connectivity index (χ4n) is 1.60. The molecule has 1 amide bonds. The summed E-state index contributed by atoms with van der Waals surface area (Å²) >= 11 is 8.07. The first-order valence-electron chi connectivity index (χ1n) is 6.73. The summed E-state index contributed by atoms with van der Waals surface area (Å²) in [6, 6.07) is 4.12. The Hall–Kier alpha value is -1.74. The third-order valence-electron chi connectivity index (χ3n) is 2.76. The number of rotatable bonds is 6. The maximum atomic E-state index is 11.9. The van der Waals surface area contributed by atoms with Gasteiger partial charge in [-0.25, -0.2) is 0 Å². The molecule has 0 saturated carbocycles. The van der Waals surface area contributed by atoms with Gasteiger partial charge in [0.05, 0.1) is 9.40 Å². The molecule has 22 heavy (non-hydrogen) atoms. The molecule has 0 aliphatic rings. The van der Waals surface area contributed by atoms with E-state index in [9.17, 15) is 14.9 Å². The maximum Gasteiger partial charge on any atom is 0.284 e. The Balaban J connectivity index is 2.50. The number of unbranched alkanes of at least 4 members (excludes halogenated alkanes) is 2. The van der Waals surface area contributed by atoms with E-state index in [0.29, 0.717) is 9.59 Å². The number of amides is 1. The summed E-state index contributed by atoms with van der Waals surface area (Å²) in [6.45, 7) is 2.83. The van der Waals surface area contributed by atoms with Crippen molar-refractivity contribution in [1.29, 1.82) is 0 Å². The van der Waals surface area contributed by atoms with E-state index in [4.69, 9.17) is 12.2 Å². The molecule has 7 nitrogen and oxygen atoms in total. The molecule has 0 aromatic heterocycles. The summed E-state index contributed by atoms with van der Waals surface area (Å²) in [6.07, 6.45) is 3.21. The fraction of sp³-hybridized carbons (Fsp3) is 0.385. The van der Waals surface area contributed by atoms with Crippen molar-refractivity contribution >= 4 is 44.9 Å². The molecule has 0 unspecified atom stereocenters. The van der Waals surface area contributed by atoms with E-state index >= 15 is 0 Å². The second-order valence-corrected chi connectivity index (χ2v) is 5.73. The smallest absolute Gasteiger partial charge is 0.284 e. The Morgan fingerprint density at radius 2 is 2.09 bits per heavy atom. The lowest BCUT2D eigenvalue weighted by molar-refractivity contribution is -0.385. The van der Waals surface area contributed by atoms with E-state index in [1.54, 1.807) is 0 Å². The lowest BCUT2D eigenvalue weighted by Crippen LogP contribution is -2.46. The van der Waals surface area contributed by atoms with Gasteiger partial charge in [-0.1, -0.05) is 19.8 Å². The number of nitrogens with one attached hydrogen (secondary N) is 3. The Labute approximate surface area is 142 Å². The van der Waals surface area contributed by atoms with Crippen LogP contribution in [0.25, 0.3) is 0 Å². The maximum absolute atomic E-state index is 11.9. The molecule has 120 valence electrons. The van der Waals surface area contributed by atoms with Gasteiger partial charge in [-0.2, -0.15) is 0 Å². The van der Waals surface area contributed by atoms with Crippen molar-refractivity contribution < 1.29 is 9.72 Å². The van der Waals surface area contributed by atoms with E-state index in [2.05, 4.69) is 39.0 Å². The number of carbonyl (C=O) groups is 1. The molecule has 0 radical (unpaired) electrons. The van der Waals surface area contributed by atoms with Gasteiger partial charge in [0.1, 0.15) is 0 Å². The summed E-state index contributed by atoms with van der Waals surface area (Å²) < 4.78 is 0.315. The number of carbonyl (C=O) groups excluding carboxylic acids is 1. The van der Waals surface area contributed by atoms with E-state index in [1.807, 2.05) is 0 Å². The first-order chi connectivity index (χ1) is 10.5. The summed E-state index contributed by atoms with van der Waals surface area (Å²) in [5.41, 5.74) is 4.94. The molecule has 0 spiro atoms. The molecule has 0 heterocycles. The fourth-order valence-corrected chi connectivity index (χ4v) is 2.15. The average molecular weight is 389 g/mol. The van der Waals surface area contributed by atoms with Crippen molar-refractivity contribution in [3.8, 4) is 0 Å². The number of halogens is 1. The van der Waals surface area contributed by atoms with E-state index in [1.165, 1.54) is 18.2 Å². The summed E-state index contributed by atoms with van der Waals surface area (Å²) in [7, 11) is 0. The van der Waals surface area contributed by atoms with Crippen LogP contribution in [0.1, 0.15) is 36.5 Å². The minimum absolute atomic E-state index is 0.163. The second kappa shape index (κ2) is 9.31. The van der Waals surface area contributed by atoms with Crippen molar-refractivity contribution in [2.45, 2.75) is 26.2 Å². The van der Waals surface area contributed by atoms with E-state index in [-0.39, 0.29) is 11.3 Å². The molecule has 1 aromatic rings. The number of hydrazine groups is 1. The Bertz CT molecular complexity index is 568. The van der Waals surface area contributed by atoms with Crippen LogP contribution in [0.15, 0.2) is 22.7 Å². The molecule has 0 aliphatic heterocycles. The molecular formula is C13H17BrN4O3S. The van der Waals surface area contributed by atoms with Crippen molar-refractivity contribution in [2.75, 3.05) is 6.54 Å². The Morgan fingerprint density at radius 1 is 1.36 bits per heavy atom. The number of nitro groups is 1. The largest absolute Gasteiger partial charge is 0.361 e. The number of benzene rings is 1. The summed E-state index contributed by atoms with van der Waals surface area (Å²) in [5.74, 6) is -0.506. The van der Waals surface area contributed by atoms with Crippen molar-refractivity contribution in [3.05, 3.63) is 38.3 Å². The molecule has 9 heteroatoms. The molecule has 0 aliphatic carbocycles. The van der Waals surface area contributed by atoms with Crippen LogP contribution < -0.4 is 16.2 Å². The van der Waals surface area contributed by atoms with Gasteiger partial charge >= 0.3 is 0 Å². The summed E-state index contributed by atoms with van der Waals surface area (Å²) in [4.78, 5) is 22.2. The van der Waals surface area contributed by atoms with Gasteiger partial charge in [-0.05, 0) is 46.7 Å². The van der Waals surface area contributed by atoms with Gasteiger partial charge in [0.15, 0.2) is 5.11 Å². The topological polar surface area (TPSA) is 96.3 Å². The number of thiocarbonyl (C=S) groups is 1. The highest BCUT2D eigenvalue weighted by molar-refractivity contribution is 9.10. The third-order valence-corrected chi connectivity index (χ3v) is 3.68. The molecule has 0 atom stereocenters. The van der Waals surface area contributed by atoms with E-state index in [0.717, 1.165) is 25.8 Å². The SMILES string of the molecule is CCCCCNC(=S)NNC(=O)c1ccc(Br)c([N+](=O)[O-])c1. The molecule has 3 N–H and O–H groups in total. The monoisotopic (exact) mass is 388 g/mol. The zero-order valence-electron chi connectivity index (χ0n) is 12.0. The minimum atomic E-state index is -0.561. The molecular weight excluding hydrogens is 372 g/mol. The number of nitrogens with zero attached hydrogens (tertiary/aromatic N) is 1. The second-order valence-electron chi connectivity index (χ2n) is 4.47. The van der Waals surface area contributed by atoms with Crippen LogP contribution in [0.2, 0.25) is 0 Å². The Kier molecular flexibility index (Phi) is 7.75. The molecule has 1 aromatic carbocycles. The van der Waals surface area contributed by atoms with Crippen molar-refractivity contribution in [1.82, 2.24) is 16.2 Å². The van der Waals surface area contributed by atoms with Crippen LogP contribution in [0, 0.1) is 10.1 Å². The number of nitro benzene ring substituents is 1. The Morgan fingerprint density at radius 3 is 2.73 bits per heavy atom. The van der Waals surface area contributed by atoms with E-state index < -0.39 is 10.8 Å². The van der Waals surface area contributed by atoms with Crippen molar-refractivity contribution in [2.24, 2.45) is 0 Å². The van der Waals surface area contributed by atoms with Gasteiger partial charge in [0, 0.05) is 18.2 Å². The summed E-state index contributed by atoms with van der Waals surface area (Å²) in [5, 5.41) is 14.1. The van der Waals surface area contributed by atoms with Gasteiger partial charge < -0.3 is 5.32 Å². The normalized spacial score (nSPS) is 9.91. The molecule has 1 rings (SSSR count). The standard InChI is InChI=1S/C13H17BrN4O3S/c1-2-3-4-7-15-13(22)17-16-12(19)9-5-6-10(14)11(8-9)18(20)21/h5-6,8H,2-4,7H2,1H3,(H,16,19)(H2,15,17,22). The number of hydrogen-bond acceptors (Lipinski definition) is 4. The number of hydrogen-bond donors (Lipinski definition) is 3. The lowest BCUT2D eigenvalue weighted by Gasteiger charge is -2.11. The zero-order valence-corrected chi connectivity index (χ0v) is 14.4. The quantitative estimate of drug-likeness (QED) is 0.300. The predicted octanol–water partition coefficient (Wildman–Crippen LogP) is 2.66. The van der Waals surface area contributed by atoms with Gasteiger partial charge in [0.25, 0.3) is 11.6 Å². The van der Waals surface area contributed by atoms with Crippen LogP contribution in [0.5, 0.6) is 0 Å². The van der Waals surface area contributed by atoms with Crippen LogP contribution in [-0.4, -0.2) is 22.5 Å². The van der Waals surface area contributed by atoms with Crippen LogP contribution in [0.3, 0.4) is 0 Å². The molecule has 0 saturated heterocycles. The van der Waals surface area contributed by atoms with Crippen molar-refractivity contribution in [3.63, 3.8) is 0 Å². The molecule has 0 bridgehead atoms. The van der Waals surface area contributed by atoms with Gasteiger partial charge in [-0.3, -0.25) is 25.8 Å².